The minimum absolute atomic E-state index is 0.456. The highest BCUT2D eigenvalue weighted by Gasteiger charge is 2.22. The van der Waals surface area contributed by atoms with Crippen molar-refractivity contribution >= 4 is 0 Å². The zero-order chi connectivity index (χ0) is 9.68. The summed E-state index contributed by atoms with van der Waals surface area (Å²) in [7, 11) is 0. The molecule has 1 aliphatic heterocycles. The maximum absolute atomic E-state index is 5.38. The van der Waals surface area contributed by atoms with Gasteiger partial charge in [-0.25, -0.2) is 0 Å². The second-order valence-electron chi connectivity index (χ2n) is 3.87. The third-order valence-electron chi connectivity index (χ3n) is 2.58. The molecule has 0 saturated carbocycles. The lowest BCUT2D eigenvalue weighted by molar-refractivity contribution is 0.146. The SMILES string of the molecule is CC(C)N1CCCCC1C#CCN. The van der Waals surface area contributed by atoms with E-state index in [-0.39, 0.29) is 0 Å². The van der Waals surface area contributed by atoms with Gasteiger partial charge in [0.25, 0.3) is 0 Å². The van der Waals surface area contributed by atoms with Gasteiger partial charge in [-0.3, -0.25) is 4.90 Å². The Morgan fingerprint density at radius 2 is 2.23 bits per heavy atom. The molecule has 0 bridgehead atoms. The average Bonchev–Trinajstić information content (AvgIpc) is 2.15. The average molecular weight is 180 g/mol. The fourth-order valence-electron chi connectivity index (χ4n) is 1.90. The largest absolute Gasteiger partial charge is 0.320 e. The van der Waals surface area contributed by atoms with Crippen molar-refractivity contribution in [3.05, 3.63) is 0 Å². The van der Waals surface area contributed by atoms with Crippen LogP contribution < -0.4 is 5.73 Å². The van der Waals surface area contributed by atoms with Crippen molar-refractivity contribution in [1.29, 1.82) is 0 Å². The lowest BCUT2D eigenvalue weighted by Crippen LogP contribution is -2.43. The maximum Gasteiger partial charge on any atom is 0.0717 e. The molecule has 1 aliphatic rings. The van der Waals surface area contributed by atoms with Crippen LogP contribution in [0.5, 0.6) is 0 Å². The van der Waals surface area contributed by atoms with Gasteiger partial charge in [0.1, 0.15) is 0 Å². The van der Waals surface area contributed by atoms with Crippen molar-refractivity contribution in [3.63, 3.8) is 0 Å². The summed E-state index contributed by atoms with van der Waals surface area (Å²) in [6.45, 7) is 6.16. The summed E-state index contributed by atoms with van der Waals surface area (Å²) in [5.74, 6) is 6.24. The van der Waals surface area contributed by atoms with E-state index in [1.54, 1.807) is 0 Å². The first-order valence-electron chi connectivity index (χ1n) is 5.20. The van der Waals surface area contributed by atoms with Crippen molar-refractivity contribution in [2.24, 2.45) is 5.73 Å². The Balaban J connectivity index is 2.56. The van der Waals surface area contributed by atoms with Crippen LogP contribution in [0.3, 0.4) is 0 Å². The van der Waals surface area contributed by atoms with Gasteiger partial charge < -0.3 is 5.73 Å². The Morgan fingerprint density at radius 3 is 2.85 bits per heavy atom. The van der Waals surface area contributed by atoms with Gasteiger partial charge in [0.2, 0.25) is 0 Å². The van der Waals surface area contributed by atoms with Gasteiger partial charge in [-0.05, 0) is 39.7 Å². The minimum Gasteiger partial charge on any atom is -0.320 e. The molecule has 0 aromatic carbocycles. The highest BCUT2D eigenvalue weighted by Crippen LogP contribution is 2.18. The van der Waals surface area contributed by atoms with Gasteiger partial charge in [-0.15, -0.1) is 0 Å². The van der Waals surface area contributed by atoms with Gasteiger partial charge in [0, 0.05) is 6.04 Å². The molecule has 0 aliphatic carbocycles. The van der Waals surface area contributed by atoms with Gasteiger partial charge in [-0.1, -0.05) is 11.8 Å². The first kappa shape index (κ1) is 10.6. The molecule has 1 fully saturated rings. The Labute approximate surface area is 81.5 Å². The molecule has 2 nitrogen and oxygen atoms in total. The molecule has 1 heterocycles. The smallest absolute Gasteiger partial charge is 0.0717 e. The fraction of sp³-hybridized carbons (Fsp3) is 0.818. The van der Waals surface area contributed by atoms with Crippen molar-refractivity contribution in [3.8, 4) is 11.8 Å². The molecule has 2 N–H and O–H groups in total. The van der Waals surface area contributed by atoms with Crippen molar-refractivity contribution < 1.29 is 0 Å². The van der Waals surface area contributed by atoms with Gasteiger partial charge >= 0.3 is 0 Å². The Morgan fingerprint density at radius 1 is 1.46 bits per heavy atom. The summed E-state index contributed by atoms with van der Waals surface area (Å²) >= 11 is 0. The highest BCUT2D eigenvalue weighted by molar-refractivity contribution is 5.10. The molecular formula is C11H20N2. The van der Waals surface area contributed by atoms with E-state index in [4.69, 9.17) is 5.73 Å². The van der Waals surface area contributed by atoms with Gasteiger partial charge in [0.15, 0.2) is 0 Å². The summed E-state index contributed by atoms with van der Waals surface area (Å²) in [5.41, 5.74) is 5.38. The van der Waals surface area contributed by atoms with E-state index in [2.05, 4.69) is 30.6 Å². The van der Waals surface area contributed by atoms with E-state index < -0.39 is 0 Å². The predicted molar refractivity (Wildman–Crippen MR) is 56.3 cm³/mol. The minimum atomic E-state index is 0.456. The predicted octanol–water partition coefficient (Wildman–Crippen LogP) is 1.21. The summed E-state index contributed by atoms with van der Waals surface area (Å²) in [6.07, 6.45) is 3.84. The van der Waals surface area contributed by atoms with Crippen LogP contribution in [0.15, 0.2) is 0 Å². The summed E-state index contributed by atoms with van der Waals surface area (Å²) < 4.78 is 0. The number of likely N-dealkylation sites (tertiary alicyclic amines) is 1. The second-order valence-corrected chi connectivity index (χ2v) is 3.87. The fourth-order valence-corrected chi connectivity index (χ4v) is 1.90. The number of nitrogens with two attached hydrogens (primary N) is 1. The maximum atomic E-state index is 5.38. The first-order chi connectivity index (χ1) is 6.25. The molecule has 0 aromatic rings. The molecule has 74 valence electrons. The molecule has 0 aromatic heterocycles. The molecule has 2 heteroatoms. The topological polar surface area (TPSA) is 29.3 Å². The van der Waals surface area contributed by atoms with Crippen LogP contribution >= 0.6 is 0 Å². The normalized spacial score (nSPS) is 24.2. The second kappa shape index (κ2) is 5.26. The molecule has 0 spiro atoms. The van der Waals surface area contributed by atoms with Crippen molar-refractivity contribution in [2.45, 2.75) is 45.2 Å². The van der Waals surface area contributed by atoms with E-state index in [9.17, 15) is 0 Å². The quantitative estimate of drug-likeness (QED) is 0.615. The molecule has 1 saturated heterocycles. The number of hydrogen-bond acceptors (Lipinski definition) is 2. The number of nitrogens with zero attached hydrogens (tertiary/aromatic N) is 1. The molecular weight excluding hydrogens is 160 g/mol. The van der Waals surface area contributed by atoms with E-state index in [0.29, 0.717) is 18.6 Å². The van der Waals surface area contributed by atoms with Gasteiger partial charge in [0.05, 0.1) is 12.6 Å². The molecule has 0 radical (unpaired) electrons. The molecule has 0 amide bonds. The zero-order valence-electron chi connectivity index (χ0n) is 8.71. The van der Waals surface area contributed by atoms with E-state index in [1.165, 1.54) is 25.8 Å². The monoisotopic (exact) mass is 180 g/mol. The van der Waals surface area contributed by atoms with Crippen molar-refractivity contribution in [2.75, 3.05) is 13.1 Å². The van der Waals surface area contributed by atoms with Crippen LogP contribution in [0.4, 0.5) is 0 Å². The molecule has 1 rings (SSSR count). The van der Waals surface area contributed by atoms with Crippen LogP contribution in [0.2, 0.25) is 0 Å². The standard InChI is InChI=1S/C11H20N2/c1-10(2)13-9-4-3-6-11(13)7-5-8-12/h10-11H,3-4,6,8-9,12H2,1-2H3. The third kappa shape index (κ3) is 3.02. The summed E-state index contributed by atoms with van der Waals surface area (Å²) in [6, 6.07) is 1.06. The first-order valence-corrected chi connectivity index (χ1v) is 5.20. The summed E-state index contributed by atoms with van der Waals surface area (Å²) in [5, 5.41) is 0. The van der Waals surface area contributed by atoms with E-state index >= 15 is 0 Å². The Bertz CT molecular complexity index is 200. The van der Waals surface area contributed by atoms with Crippen LogP contribution in [0.25, 0.3) is 0 Å². The van der Waals surface area contributed by atoms with Crippen LogP contribution in [0, 0.1) is 11.8 Å². The molecule has 13 heavy (non-hydrogen) atoms. The highest BCUT2D eigenvalue weighted by atomic mass is 15.2. The van der Waals surface area contributed by atoms with E-state index in [1.807, 2.05) is 0 Å². The zero-order valence-corrected chi connectivity index (χ0v) is 8.71. The van der Waals surface area contributed by atoms with Crippen LogP contribution in [-0.2, 0) is 0 Å². The Kier molecular flexibility index (Phi) is 4.27. The molecule has 1 atom stereocenters. The number of rotatable bonds is 1. The third-order valence-corrected chi connectivity index (χ3v) is 2.58. The number of piperidine rings is 1. The lowest BCUT2D eigenvalue weighted by atomic mass is 10.0. The van der Waals surface area contributed by atoms with Crippen molar-refractivity contribution in [1.82, 2.24) is 4.90 Å². The lowest BCUT2D eigenvalue weighted by Gasteiger charge is -2.35. The van der Waals surface area contributed by atoms with Crippen LogP contribution in [-0.4, -0.2) is 30.1 Å². The van der Waals surface area contributed by atoms with Crippen LogP contribution in [0.1, 0.15) is 33.1 Å². The molecule has 1 unspecified atom stereocenters. The number of hydrogen-bond donors (Lipinski definition) is 1. The van der Waals surface area contributed by atoms with E-state index in [0.717, 1.165) is 0 Å². The summed E-state index contributed by atoms with van der Waals surface area (Å²) in [4.78, 5) is 2.48. The van der Waals surface area contributed by atoms with Gasteiger partial charge in [-0.2, -0.15) is 0 Å². The Hall–Kier alpha value is -0.520.